The van der Waals surface area contributed by atoms with Gasteiger partial charge >= 0.3 is 5.97 Å². The van der Waals surface area contributed by atoms with E-state index < -0.39 is 5.97 Å². The summed E-state index contributed by atoms with van der Waals surface area (Å²) in [7, 11) is 1.56. The van der Waals surface area contributed by atoms with Crippen molar-refractivity contribution in [1.82, 2.24) is 0 Å². The van der Waals surface area contributed by atoms with Crippen molar-refractivity contribution in [2.75, 3.05) is 13.7 Å². The van der Waals surface area contributed by atoms with E-state index in [1.165, 1.54) is 0 Å². The van der Waals surface area contributed by atoms with Crippen LogP contribution in [0.2, 0.25) is 0 Å². The number of aliphatic imine (C=N–C) groups is 1. The highest BCUT2D eigenvalue weighted by Crippen LogP contribution is 2.30. The van der Waals surface area contributed by atoms with E-state index in [1.54, 1.807) is 31.4 Å². The zero-order valence-electron chi connectivity index (χ0n) is 17.1. The van der Waals surface area contributed by atoms with Gasteiger partial charge < -0.3 is 14.2 Å². The smallest absolute Gasteiger partial charge is 0.363 e. The number of cyclic esters (lactones) is 1. The maximum absolute atomic E-state index is 12.3. The number of esters is 1. The molecule has 0 aromatic heterocycles. The van der Waals surface area contributed by atoms with Crippen LogP contribution in [0.4, 0.5) is 0 Å². The summed E-state index contributed by atoms with van der Waals surface area (Å²) in [6.45, 7) is 4.01. The number of rotatable bonds is 7. The number of methoxy groups -OCH3 is 1. The lowest BCUT2D eigenvalue weighted by molar-refractivity contribution is -0.129. The second kappa shape index (κ2) is 9.13. The Labute approximate surface area is 180 Å². The number of carbonyl (C=O) groups is 1. The fraction of sp³-hybridized carbons (Fsp3) is 0.0769. The Hall–Kier alpha value is -4.12. The molecule has 0 fully saturated rings. The van der Waals surface area contributed by atoms with Gasteiger partial charge in [-0.15, -0.1) is 0 Å². The van der Waals surface area contributed by atoms with Gasteiger partial charge in [0.1, 0.15) is 6.61 Å². The van der Waals surface area contributed by atoms with Gasteiger partial charge in [0, 0.05) is 5.56 Å². The van der Waals surface area contributed by atoms with Crippen molar-refractivity contribution < 1.29 is 19.0 Å². The molecule has 0 radical (unpaired) electrons. The van der Waals surface area contributed by atoms with Crippen molar-refractivity contribution in [2.24, 2.45) is 4.99 Å². The zero-order valence-corrected chi connectivity index (χ0v) is 17.1. The molecule has 3 aromatic carbocycles. The van der Waals surface area contributed by atoms with Gasteiger partial charge in [0.15, 0.2) is 17.2 Å². The molecule has 0 atom stereocenters. The minimum atomic E-state index is -0.493. The summed E-state index contributed by atoms with van der Waals surface area (Å²) < 4.78 is 16.3. The minimum Gasteiger partial charge on any atom is -0.493 e. The summed E-state index contributed by atoms with van der Waals surface area (Å²) >= 11 is 0. The van der Waals surface area contributed by atoms with Gasteiger partial charge in [-0.1, -0.05) is 61.2 Å². The van der Waals surface area contributed by atoms with E-state index in [-0.39, 0.29) is 11.6 Å². The van der Waals surface area contributed by atoms with Crippen molar-refractivity contribution in [3.8, 4) is 22.6 Å². The zero-order chi connectivity index (χ0) is 21.6. The lowest BCUT2D eigenvalue weighted by atomic mass is 10.0. The summed E-state index contributed by atoms with van der Waals surface area (Å²) in [5.41, 5.74) is 3.91. The summed E-state index contributed by atoms with van der Waals surface area (Å²) in [6.07, 6.45) is 3.32. The number of carbonyl (C=O) groups excluding carboxylic acids is 1. The van der Waals surface area contributed by atoms with Crippen molar-refractivity contribution in [3.63, 3.8) is 0 Å². The van der Waals surface area contributed by atoms with Crippen molar-refractivity contribution in [3.05, 3.63) is 102 Å². The Kier molecular flexibility index (Phi) is 5.94. The standard InChI is InChI=1S/C26H21NO4/c1-3-15-30-23-14-9-18(17-24(23)29-2)16-22-26(28)31-25(27-22)21-12-10-20(11-13-21)19-7-5-4-6-8-19/h3-14,16-17H,1,15H2,2H3/b22-16-. The molecule has 31 heavy (non-hydrogen) atoms. The normalized spacial score (nSPS) is 14.2. The minimum absolute atomic E-state index is 0.226. The van der Waals surface area contributed by atoms with E-state index in [9.17, 15) is 4.79 Å². The first-order chi connectivity index (χ1) is 15.2. The molecule has 0 saturated heterocycles. The van der Waals surface area contributed by atoms with E-state index in [0.29, 0.717) is 18.1 Å². The summed E-state index contributed by atoms with van der Waals surface area (Å²) in [5.74, 6) is 0.950. The molecule has 1 aliphatic rings. The molecule has 0 spiro atoms. The van der Waals surface area contributed by atoms with Gasteiger partial charge in [0.2, 0.25) is 5.90 Å². The topological polar surface area (TPSA) is 57.1 Å². The lowest BCUT2D eigenvalue weighted by Gasteiger charge is -2.09. The maximum Gasteiger partial charge on any atom is 0.363 e. The molecule has 0 saturated carbocycles. The summed E-state index contributed by atoms with van der Waals surface area (Å²) in [5, 5.41) is 0. The van der Waals surface area contributed by atoms with Crippen LogP contribution < -0.4 is 9.47 Å². The predicted molar refractivity (Wildman–Crippen MR) is 121 cm³/mol. The molecule has 0 bridgehead atoms. The molecular formula is C26H21NO4. The van der Waals surface area contributed by atoms with Crippen molar-refractivity contribution >= 4 is 17.9 Å². The summed E-state index contributed by atoms with van der Waals surface area (Å²) in [6, 6.07) is 23.2. The van der Waals surface area contributed by atoms with Gasteiger partial charge in [-0.2, -0.15) is 0 Å². The highest BCUT2D eigenvalue weighted by atomic mass is 16.6. The first kappa shape index (κ1) is 20.2. The number of nitrogens with zero attached hydrogens (tertiary/aromatic N) is 1. The molecule has 0 unspecified atom stereocenters. The first-order valence-electron chi connectivity index (χ1n) is 9.78. The highest BCUT2D eigenvalue weighted by Gasteiger charge is 2.24. The Balaban J connectivity index is 1.57. The number of ether oxygens (including phenoxy) is 3. The molecular weight excluding hydrogens is 390 g/mol. The third kappa shape index (κ3) is 4.56. The van der Waals surface area contributed by atoms with Crippen LogP contribution in [0, 0.1) is 0 Å². The molecule has 154 valence electrons. The fourth-order valence-electron chi connectivity index (χ4n) is 3.17. The average molecular weight is 411 g/mol. The van der Waals surface area contributed by atoms with E-state index in [0.717, 1.165) is 22.3 Å². The Morgan fingerprint density at radius 3 is 2.35 bits per heavy atom. The van der Waals surface area contributed by atoms with Gasteiger partial charge in [-0.25, -0.2) is 9.79 Å². The van der Waals surface area contributed by atoms with E-state index >= 15 is 0 Å². The Bertz CT molecular complexity index is 1160. The monoisotopic (exact) mass is 411 g/mol. The van der Waals surface area contributed by atoms with Gasteiger partial charge in [0.25, 0.3) is 0 Å². The van der Waals surface area contributed by atoms with Crippen LogP contribution in [0.5, 0.6) is 11.5 Å². The quantitative estimate of drug-likeness (QED) is 0.302. The maximum atomic E-state index is 12.3. The molecule has 3 aromatic rings. The van der Waals surface area contributed by atoms with E-state index in [4.69, 9.17) is 14.2 Å². The molecule has 1 heterocycles. The average Bonchev–Trinajstić information content (AvgIpc) is 3.18. The van der Waals surface area contributed by atoms with Gasteiger partial charge in [-0.3, -0.25) is 0 Å². The van der Waals surface area contributed by atoms with Crippen LogP contribution >= 0.6 is 0 Å². The van der Waals surface area contributed by atoms with Crippen molar-refractivity contribution in [1.29, 1.82) is 0 Å². The van der Waals surface area contributed by atoms with Crippen molar-refractivity contribution in [2.45, 2.75) is 0 Å². The van der Waals surface area contributed by atoms with E-state index in [2.05, 4.69) is 11.6 Å². The van der Waals surface area contributed by atoms with Gasteiger partial charge in [0.05, 0.1) is 7.11 Å². The van der Waals surface area contributed by atoms with Gasteiger partial charge in [-0.05, 0) is 47.0 Å². The first-order valence-corrected chi connectivity index (χ1v) is 9.78. The van der Waals surface area contributed by atoms with Crippen LogP contribution in [0.1, 0.15) is 11.1 Å². The highest BCUT2D eigenvalue weighted by molar-refractivity contribution is 6.13. The second-order valence-corrected chi connectivity index (χ2v) is 6.79. The molecule has 0 N–H and O–H groups in total. The predicted octanol–water partition coefficient (Wildman–Crippen LogP) is 5.27. The molecule has 0 aliphatic carbocycles. The molecule has 5 nitrogen and oxygen atoms in total. The largest absolute Gasteiger partial charge is 0.493 e. The third-order valence-electron chi connectivity index (χ3n) is 4.71. The second-order valence-electron chi connectivity index (χ2n) is 6.79. The van der Waals surface area contributed by atoms with Crippen LogP contribution in [-0.2, 0) is 9.53 Å². The van der Waals surface area contributed by atoms with Crippen LogP contribution in [-0.4, -0.2) is 25.6 Å². The molecule has 0 amide bonds. The number of benzene rings is 3. The third-order valence-corrected chi connectivity index (χ3v) is 4.71. The molecule has 5 heteroatoms. The molecule has 1 aliphatic heterocycles. The van der Waals surface area contributed by atoms with E-state index in [1.807, 2.05) is 60.7 Å². The fourth-order valence-corrected chi connectivity index (χ4v) is 3.17. The Morgan fingerprint density at radius 2 is 1.65 bits per heavy atom. The van der Waals surface area contributed by atoms with Crippen LogP contribution in [0.25, 0.3) is 17.2 Å². The number of hydrogen-bond acceptors (Lipinski definition) is 5. The lowest BCUT2D eigenvalue weighted by Crippen LogP contribution is -2.05. The van der Waals surface area contributed by atoms with Crippen LogP contribution in [0.3, 0.4) is 0 Å². The molecule has 4 rings (SSSR count). The summed E-state index contributed by atoms with van der Waals surface area (Å²) in [4.78, 5) is 16.7. The van der Waals surface area contributed by atoms with Crippen LogP contribution in [0.15, 0.2) is 96.1 Å². The SMILES string of the molecule is C=CCOc1ccc(/C=C2\N=C(c3ccc(-c4ccccc4)cc3)OC2=O)cc1OC. The number of hydrogen-bond donors (Lipinski definition) is 0. The Morgan fingerprint density at radius 1 is 0.935 bits per heavy atom.